The molecule has 0 aliphatic heterocycles. The predicted octanol–water partition coefficient (Wildman–Crippen LogP) is 2.67. The third kappa shape index (κ3) is 3.81. The van der Waals surface area contributed by atoms with Crippen LogP contribution in [0.2, 0.25) is 0 Å². The van der Waals surface area contributed by atoms with E-state index in [-0.39, 0.29) is 6.04 Å². The van der Waals surface area contributed by atoms with Crippen molar-refractivity contribution in [2.24, 2.45) is 5.92 Å². The Balaban J connectivity index is 2.16. The van der Waals surface area contributed by atoms with Gasteiger partial charge in [0, 0.05) is 29.4 Å². The van der Waals surface area contributed by atoms with Gasteiger partial charge in [-0.15, -0.1) is 11.3 Å². The zero-order chi connectivity index (χ0) is 14.8. The van der Waals surface area contributed by atoms with E-state index in [4.69, 9.17) is 0 Å². The maximum absolute atomic E-state index is 12.8. The van der Waals surface area contributed by atoms with Crippen molar-refractivity contribution in [1.82, 2.24) is 9.62 Å². The van der Waals surface area contributed by atoms with Crippen molar-refractivity contribution in [2.75, 3.05) is 13.6 Å². The summed E-state index contributed by atoms with van der Waals surface area (Å²) in [5.41, 5.74) is 0. The summed E-state index contributed by atoms with van der Waals surface area (Å²) in [6.07, 6.45) is 2.93. The Hall–Kier alpha value is -0.430. The van der Waals surface area contributed by atoms with Crippen LogP contribution < -0.4 is 5.32 Å². The lowest BCUT2D eigenvalue weighted by Crippen LogP contribution is -2.34. The summed E-state index contributed by atoms with van der Waals surface area (Å²) >= 11 is 1.51. The van der Waals surface area contributed by atoms with E-state index in [0.717, 1.165) is 30.7 Å². The highest BCUT2D eigenvalue weighted by atomic mass is 32.2. The highest BCUT2D eigenvalue weighted by Crippen LogP contribution is 2.33. The van der Waals surface area contributed by atoms with Crippen molar-refractivity contribution in [1.29, 1.82) is 0 Å². The van der Waals surface area contributed by atoms with Crippen LogP contribution in [0, 0.1) is 5.92 Å². The summed E-state index contributed by atoms with van der Waals surface area (Å²) in [5, 5.41) is 4.83. The lowest BCUT2D eigenvalue weighted by atomic mass is 10.1. The Morgan fingerprint density at radius 3 is 2.70 bits per heavy atom. The maximum Gasteiger partial charge on any atom is 0.244 e. The summed E-state index contributed by atoms with van der Waals surface area (Å²) in [6.45, 7) is 5.62. The van der Waals surface area contributed by atoms with Crippen molar-refractivity contribution in [3.05, 3.63) is 16.3 Å². The molecule has 20 heavy (non-hydrogen) atoms. The second kappa shape index (κ2) is 6.56. The largest absolute Gasteiger partial charge is 0.315 e. The van der Waals surface area contributed by atoms with Gasteiger partial charge >= 0.3 is 0 Å². The normalized spacial score (nSPS) is 16.2. The molecule has 1 heterocycles. The smallest absolute Gasteiger partial charge is 0.244 e. The topological polar surface area (TPSA) is 49.4 Å². The van der Waals surface area contributed by atoms with Gasteiger partial charge in [0.2, 0.25) is 10.0 Å². The molecule has 1 N–H and O–H groups in total. The Kier molecular flexibility index (Phi) is 5.23. The molecule has 0 spiro atoms. The van der Waals surface area contributed by atoms with Crippen LogP contribution in [0.4, 0.5) is 0 Å². The molecule has 0 bridgehead atoms. The average Bonchev–Trinajstić information content (AvgIpc) is 3.07. The summed E-state index contributed by atoms with van der Waals surface area (Å²) < 4.78 is 27.2. The Morgan fingerprint density at radius 2 is 2.15 bits per heavy atom. The molecule has 1 aromatic rings. The number of sulfonamides is 1. The third-order valence-corrected chi connectivity index (χ3v) is 6.48. The lowest BCUT2D eigenvalue weighted by Gasteiger charge is -2.22. The highest BCUT2D eigenvalue weighted by Gasteiger charge is 2.38. The molecule has 0 amide bonds. The summed E-state index contributed by atoms with van der Waals surface area (Å²) in [4.78, 5) is 1.52. The molecular weight excluding hydrogens is 292 g/mol. The van der Waals surface area contributed by atoms with E-state index in [1.165, 1.54) is 11.3 Å². The van der Waals surface area contributed by atoms with Gasteiger partial charge in [0.25, 0.3) is 0 Å². The fourth-order valence-corrected chi connectivity index (χ4v) is 5.12. The molecule has 4 nitrogen and oxygen atoms in total. The van der Waals surface area contributed by atoms with Gasteiger partial charge in [-0.25, -0.2) is 8.42 Å². The third-order valence-electron chi connectivity index (χ3n) is 3.47. The van der Waals surface area contributed by atoms with Crippen LogP contribution in [0.15, 0.2) is 16.3 Å². The Labute approximate surface area is 126 Å². The van der Waals surface area contributed by atoms with E-state index in [0.29, 0.717) is 17.4 Å². The van der Waals surface area contributed by atoms with Gasteiger partial charge in [-0.3, -0.25) is 0 Å². The number of hydrogen-bond donors (Lipinski definition) is 1. The minimum absolute atomic E-state index is 0.228. The van der Waals surface area contributed by atoms with Crippen LogP contribution >= 0.6 is 11.3 Å². The second-order valence-electron chi connectivity index (χ2n) is 5.81. The van der Waals surface area contributed by atoms with Crippen LogP contribution in [-0.2, 0) is 16.6 Å². The minimum atomic E-state index is -3.32. The lowest BCUT2D eigenvalue weighted by molar-refractivity contribution is 0.373. The van der Waals surface area contributed by atoms with Gasteiger partial charge in [-0.2, -0.15) is 4.31 Å². The van der Waals surface area contributed by atoms with Crippen LogP contribution in [0.3, 0.4) is 0 Å². The molecule has 1 fully saturated rings. The molecule has 1 aromatic heterocycles. The van der Waals surface area contributed by atoms with Crippen molar-refractivity contribution >= 4 is 21.4 Å². The zero-order valence-corrected chi connectivity index (χ0v) is 14.1. The molecule has 114 valence electrons. The molecule has 1 aliphatic rings. The standard InChI is InChI=1S/C14H24N2O2S2/c1-11(2)6-7-16(12-4-5-12)20(17,18)14-8-13(9-15-3)19-10-14/h8,10-12,15H,4-7,9H2,1-3H3. The van der Waals surface area contributed by atoms with Crippen molar-refractivity contribution in [2.45, 2.75) is 50.6 Å². The van der Waals surface area contributed by atoms with Crippen molar-refractivity contribution < 1.29 is 8.42 Å². The summed E-state index contributed by atoms with van der Waals surface area (Å²) in [6, 6.07) is 2.03. The van der Waals surface area contributed by atoms with E-state index in [9.17, 15) is 8.42 Å². The molecule has 0 atom stereocenters. The quantitative estimate of drug-likeness (QED) is 0.802. The number of thiophene rings is 1. The fourth-order valence-electron chi connectivity index (χ4n) is 2.15. The monoisotopic (exact) mass is 316 g/mol. The van der Waals surface area contributed by atoms with Crippen LogP contribution in [0.5, 0.6) is 0 Å². The molecule has 0 radical (unpaired) electrons. The van der Waals surface area contributed by atoms with Crippen LogP contribution in [0.1, 0.15) is 38.0 Å². The molecule has 6 heteroatoms. The first-order valence-corrected chi connectivity index (χ1v) is 9.51. The molecule has 0 unspecified atom stereocenters. The average molecular weight is 316 g/mol. The Bertz CT molecular complexity index is 533. The number of rotatable bonds is 8. The van der Waals surface area contributed by atoms with Gasteiger partial charge in [0.05, 0.1) is 4.90 Å². The molecule has 1 aliphatic carbocycles. The van der Waals surface area contributed by atoms with Crippen LogP contribution in [0.25, 0.3) is 0 Å². The van der Waals surface area contributed by atoms with E-state index >= 15 is 0 Å². The first kappa shape index (κ1) is 15.9. The minimum Gasteiger partial charge on any atom is -0.315 e. The van der Waals surface area contributed by atoms with E-state index in [1.54, 1.807) is 15.8 Å². The van der Waals surface area contributed by atoms with E-state index in [1.807, 2.05) is 7.05 Å². The van der Waals surface area contributed by atoms with Gasteiger partial charge in [0.15, 0.2) is 0 Å². The van der Waals surface area contributed by atoms with Gasteiger partial charge in [-0.05, 0) is 38.3 Å². The van der Waals surface area contributed by atoms with E-state index < -0.39 is 10.0 Å². The first-order valence-electron chi connectivity index (χ1n) is 7.19. The Morgan fingerprint density at radius 1 is 1.45 bits per heavy atom. The van der Waals surface area contributed by atoms with Crippen LogP contribution in [-0.4, -0.2) is 32.4 Å². The summed E-state index contributed by atoms with van der Waals surface area (Å²) in [5.74, 6) is 0.522. The molecule has 1 saturated carbocycles. The predicted molar refractivity (Wildman–Crippen MR) is 83.5 cm³/mol. The second-order valence-corrected chi connectivity index (χ2v) is 8.69. The van der Waals surface area contributed by atoms with Gasteiger partial charge in [0.1, 0.15) is 0 Å². The first-order chi connectivity index (χ1) is 9.45. The molecule has 2 rings (SSSR count). The zero-order valence-electron chi connectivity index (χ0n) is 12.4. The maximum atomic E-state index is 12.8. The van der Waals surface area contributed by atoms with Gasteiger partial charge in [-0.1, -0.05) is 13.8 Å². The summed E-state index contributed by atoms with van der Waals surface area (Å²) in [7, 11) is -1.45. The fraction of sp³-hybridized carbons (Fsp3) is 0.714. The van der Waals surface area contributed by atoms with E-state index in [2.05, 4.69) is 19.2 Å². The SMILES string of the molecule is CNCc1cc(S(=O)(=O)N(CCC(C)C)C2CC2)cs1. The molecule has 0 saturated heterocycles. The van der Waals surface area contributed by atoms with Crippen molar-refractivity contribution in [3.63, 3.8) is 0 Å². The highest BCUT2D eigenvalue weighted by molar-refractivity contribution is 7.89. The molecule has 0 aromatic carbocycles. The van der Waals surface area contributed by atoms with Gasteiger partial charge < -0.3 is 5.32 Å². The van der Waals surface area contributed by atoms with Crippen molar-refractivity contribution in [3.8, 4) is 0 Å². The number of nitrogens with zero attached hydrogens (tertiary/aromatic N) is 1. The number of nitrogens with one attached hydrogen (secondary N) is 1. The molecular formula is C14H24N2O2S2. The number of hydrogen-bond acceptors (Lipinski definition) is 4.